The van der Waals surface area contributed by atoms with Crippen LogP contribution in [-0.2, 0) is 6.54 Å². The van der Waals surface area contributed by atoms with Crippen molar-refractivity contribution < 1.29 is 22.0 Å². The van der Waals surface area contributed by atoms with E-state index >= 15 is 0 Å². The van der Waals surface area contributed by atoms with Gasteiger partial charge in [0.2, 0.25) is 5.89 Å². The number of aromatic nitrogens is 1. The van der Waals surface area contributed by atoms with E-state index in [4.69, 9.17) is 4.42 Å². The summed E-state index contributed by atoms with van der Waals surface area (Å²) in [5.74, 6) is 0.604. The van der Waals surface area contributed by atoms with Gasteiger partial charge >= 0.3 is 6.18 Å². The predicted octanol–water partition coefficient (Wildman–Crippen LogP) is 4.65. The van der Waals surface area contributed by atoms with E-state index in [2.05, 4.69) is 4.98 Å². The molecule has 0 bridgehead atoms. The van der Waals surface area contributed by atoms with E-state index in [0.717, 1.165) is 19.3 Å². The van der Waals surface area contributed by atoms with Crippen LogP contribution in [0.3, 0.4) is 0 Å². The maximum atomic E-state index is 12.9. The Labute approximate surface area is 137 Å². The van der Waals surface area contributed by atoms with Gasteiger partial charge in [-0.1, -0.05) is 6.42 Å². The van der Waals surface area contributed by atoms with Crippen molar-refractivity contribution in [2.75, 3.05) is 13.1 Å². The van der Waals surface area contributed by atoms with Gasteiger partial charge in [0.25, 0.3) is 0 Å². The summed E-state index contributed by atoms with van der Waals surface area (Å²) in [6.07, 6.45) is 0.230. The molecule has 1 aliphatic rings. The molecule has 1 saturated carbocycles. The number of hydrogen-bond acceptors (Lipinski definition) is 3. The van der Waals surface area contributed by atoms with Gasteiger partial charge in [0.05, 0.1) is 19.3 Å². The maximum Gasteiger partial charge on any atom is 0.401 e. The van der Waals surface area contributed by atoms with E-state index in [1.54, 1.807) is 12.1 Å². The third-order valence-electron chi connectivity index (χ3n) is 4.19. The highest BCUT2D eigenvalue weighted by Gasteiger charge is 2.33. The van der Waals surface area contributed by atoms with Crippen molar-refractivity contribution in [1.29, 1.82) is 0 Å². The van der Waals surface area contributed by atoms with E-state index in [1.165, 1.54) is 23.2 Å². The highest BCUT2D eigenvalue weighted by Crippen LogP contribution is 2.29. The molecular weight excluding hydrogens is 324 g/mol. The van der Waals surface area contributed by atoms with E-state index in [9.17, 15) is 17.6 Å². The summed E-state index contributed by atoms with van der Waals surface area (Å²) in [6, 6.07) is 5.68. The molecule has 0 aliphatic heterocycles. The Balaban J connectivity index is 1.68. The van der Waals surface area contributed by atoms with Crippen LogP contribution in [0.15, 0.2) is 34.9 Å². The average Bonchev–Trinajstić information content (AvgIpc) is 2.90. The first-order chi connectivity index (χ1) is 11.4. The summed E-state index contributed by atoms with van der Waals surface area (Å²) in [5, 5.41) is 0. The second-order valence-electron chi connectivity index (χ2n) is 6.21. The summed E-state index contributed by atoms with van der Waals surface area (Å²) in [5.41, 5.74) is 0.636. The Morgan fingerprint density at radius 1 is 1.17 bits per heavy atom. The molecule has 7 heteroatoms. The Morgan fingerprint density at radius 3 is 2.46 bits per heavy atom. The van der Waals surface area contributed by atoms with Crippen LogP contribution in [0.2, 0.25) is 0 Å². The summed E-state index contributed by atoms with van der Waals surface area (Å²) in [6.45, 7) is -0.567. The highest BCUT2D eigenvalue weighted by molar-refractivity contribution is 5.55. The number of alkyl halides is 3. The highest BCUT2D eigenvalue weighted by atomic mass is 19.4. The Morgan fingerprint density at radius 2 is 1.88 bits per heavy atom. The molecule has 1 fully saturated rings. The van der Waals surface area contributed by atoms with Gasteiger partial charge in [-0.3, -0.25) is 4.90 Å². The summed E-state index contributed by atoms with van der Waals surface area (Å²) in [4.78, 5) is 5.40. The number of benzene rings is 1. The van der Waals surface area contributed by atoms with Crippen LogP contribution < -0.4 is 0 Å². The Bertz CT molecular complexity index is 662. The molecule has 130 valence electrons. The molecule has 1 aromatic carbocycles. The van der Waals surface area contributed by atoms with E-state index in [0.29, 0.717) is 23.8 Å². The van der Waals surface area contributed by atoms with Crippen molar-refractivity contribution >= 4 is 0 Å². The molecule has 0 spiro atoms. The monoisotopic (exact) mass is 342 g/mol. The SMILES string of the molecule is Fc1ccc(-c2cnc(CN(CC3CCC3)CC(F)(F)F)o2)cc1. The van der Waals surface area contributed by atoms with Crippen LogP contribution in [0.25, 0.3) is 11.3 Å². The van der Waals surface area contributed by atoms with Gasteiger partial charge in [0, 0.05) is 12.1 Å². The minimum absolute atomic E-state index is 0.0111. The number of oxazole rings is 1. The fourth-order valence-corrected chi connectivity index (χ4v) is 2.80. The number of hydrogen-bond donors (Lipinski definition) is 0. The molecule has 1 aromatic heterocycles. The van der Waals surface area contributed by atoms with Gasteiger partial charge in [0.15, 0.2) is 5.76 Å². The van der Waals surface area contributed by atoms with E-state index in [-0.39, 0.29) is 18.3 Å². The topological polar surface area (TPSA) is 29.3 Å². The third-order valence-corrected chi connectivity index (χ3v) is 4.19. The van der Waals surface area contributed by atoms with Crippen molar-refractivity contribution in [3.8, 4) is 11.3 Å². The van der Waals surface area contributed by atoms with Gasteiger partial charge in [-0.05, 0) is 43.0 Å². The van der Waals surface area contributed by atoms with Crippen molar-refractivity contribution in [2.24, 2.45) is 5.92 Å². The van der Waals surface area contributed by atoms with Crippen molar-refractivity contribution in [3.05, 3.63) is 42.2 Å². The minimum Gasteiger partial charge on any atom is -0.439 e. The summed E-state index contributed by atoms with van der Waals surface area (Å²) < 4.78 is 56.8. The summed E-state index contributed by atoms with van der Waals surface area (Å²) in [7, 11) is 0. The van der Waals surface area contributed by atoms with Gasteiger partial charge in [-0.25, -0.2) is 9.37 Å². The third kappa shape index (κ3) is 4.56. The molecule has 0 N–H and O–H groups in total. The van der Waals surface area contributed by atoms with Gasteiger partial charge in [-0.2, -0.15) is 13.2 Å². The largest absolute Gasteiger partial charge is 0.439 e. The lowest BCUT2D eigenvalue weighted by Gasteiger charge is -2.32. The first-order valence-electron chi connectivity index (χ1n) is 7.89. The van der Waals surface area contributed by atoms with Crippen LogP contribution in [0.5, 0.6) is 0 Å². The zero-order valence-corrected chi connectivity index (χ0v) is 13.0. The van der Waals surface area contributed by atoms with Gasteiger partial charge in [0.1, 0.15) is 5.82 Å². The lowest BCUT2D eigenvalue weighted by atomic mass is 9.85. The first kappa shape index (κ1) is 17.0. The molecule has 0 atom stereocenters. The zero-order chi connectivity index (χ0) is 17.2. The van der Waals surface area contributed by atoms with Crippen LogP contribution in [-0.4, -0.2) is 29.1 Å². The van der Waals surface area contributed by atoms with E-state index in [1.807, 2.05) is 0 Å². The summed E-state index contributed by atoms with van der Waals surface area (Å²) >= 11 is 0. The normalized spacial score (nSPS) is 15.7. The molecule has 3 nitrogen and oxygen atoms in total. The quantitative estimate of drug-likeness (QED) is 0.716. The Kier molecular flexibility index (Phi) is 4.89. The zero-order valence-electron chi connectivity index (χ0n) is 13.0. The molecule has 3 rings (SSSR count). The van der Waals surface area contributed by atoms with Crippen LogP contribution >= 0.6 is 0 Å². The molecule has 0 amide bonds. The maximum absolute atomic E-state index is 12.9. The van der Waals surface area contributed by atoms with Crippen molar-refractivity contribution in [3.63, 3.8) is 0 Å². The molecule has 1 aliphatic carbocycles. The second-order valence-corrected chi connectivity index (χ2v) is 6.21. The average molecular weight is 342 g/mol. The minimum atomic E-state index is -4.25. The van der Waals surface area contributed by atoms with Crippen molar-refractivity contribution in [2.45, 2.75) is 32.0 Å². The number of rotatable bonds is 6. The van der Waals surface area contributed by atoms with Crippen LogP contribution in [0, 0.1) is 11.7 Å². The molecule has 24 heavy (non-hydrogen) atoms. The second kappa shape index (κ2) is 6.93. The van der Waals surface area contributed by atoms with Gasteiger partial charge < -0.3 is 4.42 Å². The standard InChI is InChI=1S/C17H18F4N2O/c18-14-6-4-13(5-7-14)15-8-22-16(24-15)10-23(11-17(19,20)21)9-12-2-1-3-12/h4-8,12H,1-3,9-11H2. The molecule has 0 radical (unpaired) electrons. The molecular formula is C17H18F4N2O. The fraction of sp³-hybridized carbons (Fsp3) is 0.471. The number of nitrogens with zero attached hydrogens (tertiary/aromatic N) is 2. The van der Waals surface area contributed by atoms with Crippen LogP contribution in [0.4, 0.5) is 17.6 Å². The molecule has 1 heterocycles. The molecule has 0 saturated heterocycles. The Hall–Kier alpha value is -1.89. The molecule has 0 unspecified atom stereocenters. The van der Waals surface area contributed by atoms with Gasteiger partial charge in [-0.15, -0.1) is 0 Å². The smallest absolute Gasteiger partial charge is 0.401 e. The van der Waals surface area contributed by atoms with Crippen molar-refractivity contribution in [1.82, 2.24) is 9.88 Å². The first-order valence-corrected chi connectivity index (χ1v) is 7.89. The molecule has 2 aromatic rings. The van der Waals surface area contributed by atoms with Crippen LogP contribution in [0.1, 0.15) is 25.2 Å². The lowest BCUT2D eigenvalue weighted by Crippen LogP contribution is -2.38. The lowest BCUT2D eigenvalue weighted by molar-refractivity contribution is -0.149. The predicted molar refractivity (Wildman–Crippen MR) is 80.6 cm³/mol. The fourth-order valence-electron chi connectivity index (χ4n) is 2.80. The number of halogens is 4. The van der Waals surface area contributed by atoms with E-state index < -0.39 is 12.7 Å².